The number of nitrogens with zero attached hydrogens (tertiary/aromatic N) is 1. The van der Waals surface area contributed by atoms with Gasteiger partial charge in [-0.05, 0) is 37.3 Å². The first-order valence-electron chi connectivity index (χ1n) is 7.16. The standard InChI is InChI=1S/C15H25N3/c1-3-17-14(12-7-4-6-11(2)10-12)13-8-5-9-18-15(13)16/h5,8-9,11-12,14,17H,3-4,6-7,10H2,1-2H3,(H2,16,18). The molecule has 1 fully saturated rings. The Hall–Kier alpha value is -1.09. The van der Waals surface area contributed by atoms with Crippen molar-refractivity contribution >= 4 is 5.82 Å². The zero-order chi connectivity index (χ0) is 13.0. The number of hydrogen-bond donors (Lipinski definition) is 2. The molecule has 0 aliphatic heterocycles. The van der Waals surface area contributed by atoms with Crippen LogP contribution in [-0.4, -0.2) is 11.5 Å². The van der Waals surface area contributed by atoms with E-state index in [0.717, 1.165) is 12.5 Å². The Bertz CT molecular complexity index is 378. The Morgan fingerprint density at radius 2 is 2.33 bits per heavy atom. The van der Waals surface area contributed by atoms with Crippen LogP contribution in [0, 0.1) is 11.8 Å². The molecule has 1 aromatic rings. The van der Waals surface area contributed by atoms with Gasteiger partial charge >= 0.3 is 0 Å². The van der Waals surface area contributed by atoms with Gasteiger partial charge in [0.05, 0.1) is 0 Å². The normalized spacial score (nSPS) is 25.9. The van der Waals surface area contributed by atoms with E-state index in [0.29, 0.717) is 17.8 Å². The third kappa shape index (κ3) is 3.02. The van der Waals surface area contributed by atoms with Crippen LogP contribution < -0.4 is 11.1 Å². The van der Waals surface area contributed by atoms with Gasteiger partial charge in [-0.2, -0.15) is 0 Å². The van der Waals surface area contributed by atoms with Crippen molar-refractivity contribution in [2.75, 3.05) is 12.3 Å². The Kier molecular flexibility index (Phi) is 4.59. The van der Waals surface area contributed by atoms with Gasteiger partial charge in [0.25, 0.3) is 0 Å². The molecule has 1 heterocycles. The topological polar surface area (TPSA) is 50.9 Å². The predicted octanol–water partition coefficient (Wildman–Crippen LogP) is 3.14. The summed E-state index contributed by atoms with van der Waals surface area (Å²) in [5.41, 5.74) is 7.22. The summed E-state index contributed by atoms with van der Waals surface area (Å²) in [5.74, 6) is 2.21. The summed E-state index contributed by atoms with van der Waals surface area (Å²) in [5, 5.41) is 3.61. The lowest BCUT2D eigenvalue weighted by molar-refractivity contribution is 0.225. The first-order valence-corrected chi connectivity index (χ1v) is 7.16. The van der Waals surface area contributed by atoms with Gasteiger partial charge in [-0.25, -0.2) is 4.98 Å². The Morgan fingerprint density at radius 3 is 3.00 bits per heavy atom. The molecule has 0 spiro atoms. The summed E-state index contributed by atoms with van der Waals surface area (Å²) in [6.45, 7) is 5.50. The fourth-order valence-electron chi connectivity index (χ4n) is 3.23. The average molecular weight is 247 g/mol. The lowest BCUT2D eigenvalue weighted by Crippen LogP contribution is -2.32. The molecule has 3 unspecified atom stereocenters. The molecule has 0 saturated heterocycles. The van der Waals surface area contributed by atoms with Crippen molar-refractivity contribution in [2.45, 2.75) is 45.6 Å². The second-order valence-corrected chi connectivity index (χ2v) is 5.55. The molecule has 0 amide bonds. The largest absolute Gasteiger partial charge is 0.383 e. The zero-order valence-electron chi connectivity index (χ0n) is 11.5. The van der Waals surface area contributed by atoms with E-state index in [4.69, 9.17) is 5.73 Å². The number of anilines is 1. The van der Waals surface area contributed by atoms with Crippen LogP contribution in [0.1, 0.15) is 51.1 Å². The number of hydrogen-bond acceptors (Lipinski definition) is 3. The minimum absolute atomic E-state index is 0.367. The number of nitrogen functional groups attached to an aromatic ring is 1. The van der Waals surface area contributed by atoms with E-state index in [9.17, 15) is 0 Å². The number of nitrogens with one attached hydrogen (secondary N) is 1. The molecular formula is C15H25N3. The van der Waals surface area contributed by atoms with Gasteiger partial charge in [0.2, 0.25) is 0 Å². The van der Waals surface area contributed by atoms with Gasteiger partial charge in [-0.15, -0.1) is 0 Å². The van der Waals surface area contributed by atoms with Crippen LogP contribution in [0.5, 0.6) is 0 Å². The van der Waals surface area contributed by atoms with Gasteiger partial charge in [0.1, 0.15) is 5.82 Å². The number of nitrogens with two attached hydrogens (primary N) is 1. The molecular weight excluding hydrogens is 222 g/mol. The minimum Gasteiger partial charge on any atom is -0.383 e. The second-order valence-electron chi connectivity index (χ2n) is 5.55. The lowest BCUT2D eigenvalue weighted by Gasteiger charge is -2.34. The van der Waals surface area contributed by atoms with E-state index in [-0.39, 0.29) is 0 Å². The molecule has 100 valence electrons. The average Bonchev–Trinajstić information content (AvgIpc) is 2.37. The van der Waals surface area contributed by atoms with Crippen LogP contribution >= 0.6 is 0 Å². The maximum absolute atomic E-state index is 6.04. The summed E-state index contributed by atoms with van der Waals surface area (Å²) < 4.78 is 0. The smallest absolute Gasteiger partial charge is 0.128 e. The maximum atomic E-state index is 6.04. The fraction of sp³-hybridized carbons (Fsp3) is 0.667. The van der Waals surface area contributed by atoms with Gasteiger partial charge in [-0.3, -0.25) is 0 Å². The van der Waals surface area contributed by atoms with Crippen LogP contribution in [0.2, 0.25) is 0 Å². The van der Waals surface area contributed by atoms with E-state index in [1.807, 2.05) is 6.07 Å². The first kappa shape index (κ1) is 13.3. The molecule has 2 rings (SSSR count). The van der Waals surface area contributed by atoms with Crippen LogP contribution in [0.15, 0.2) is 18.3 Å². The highest BCUT2D eigenvalue weighted by atomic mass is 14.9. The second kappa shape index (κ2) is 6.19. The van der Waals surface area contributed by atoms with E-state index >= 15 is 0 Å². The molecule has 1 saturated carbocycles. The van der Waals surface area contributed by atoms with Crippen LogP contribution in [0.25, 0.3) is 0 Å². The summed E-state index contributed by atoms with van der Waals surface area (Å²) in [6, 6.07) is 4.48. The van der Waals surface area contributed by atoms with Gasteiger partial charge in [-0.1, -0.05) is 32.8 Å². The molecule has 0 aromatic carbocycles. The molecule has 3 N–H and O–H groups in total. The van der Waals surface area contributed by atoms with E-state index in [1.165, 1.54) is 31.2 Å². The van der Waals surface area contributed by atoms with E-state index in [2.05, 4.69) is 30.2 Å². The molecule has 18 heavy (non-hydrogen) atoms. The molecule has 3 atom stereocenters. The maximum Gasteiger partial charge on any atom is 0.128 e. The van der Waals surface area contributed by atoms with Gasteiger partial charge in [0.15, 0.2) is 0 Å². The Labute approximate surface area is 110 Å². The highest BCUT2D eigenvalue weighted by molar-refractivity contribution is 5.41. The third-order valence-corrected chi connectivity index (χ3v) is 4.08. The summed E-state index contributed by atoms with van der Waals surface area (Å²) >= 11 is 0. The monoisotopic (exact) mass is 247 g/mol. The number of pyridine rings is 1. The fourth-order valence-corrected chi connectivity index (χ4v) is 3.23. The molecule has 1 aliphatic carbocycles. The molecule has 3 heteroatoms. The molecule has 3 nitrogen and oxygen atoms in total. The van der Waals surface area contributed by atoms with E-state index < -0.39 is 0 Å². The molecule has 0 bridgehead atoms. The van der Waals surface area contributed by atoms with Gasteiger partial charge < -0.3 is 11.1 Å². The molecule has 1 aromatic heterocycles. The van der Waals surface area contributed by atoms with Crippen molar-refractivity contribution < 1.29 is 0 Å². The predicted molar refractivity (Wildman–Crippen MR) is 76.2 cm³/mol. The van der Waals surface area contributed by atoms with Gasteiger partial charge in [0, 0.05) is 17.8 Å². The summed E-state index contributed by atoms with van der Waals surface area (Å²) in [4.78, 5) is 4.23. The molecule has 1 aliphatic rings. The van der Waals surface area contributed by atoms with Crippen LogP contribution in [0.4, 0.5) is 5.82 Å². The first-order chi connectivity index (χ1) is 8.72. The highest BCUT2D eigenvalue weighted by Gasteiger charge is 2.28. The van der Waals surface area contributed by atoms with Crippen molar-refractivity contribution in [1.82, 2.24) is 10.3 Å². The third-order valence-electron chi connectivity index (χ3n) is 4.08. The quantitative estimate of drug-likeness (QED) is 0.859. The summed E-state index contributed by atoms with van der Waals surface area (Å²) in [7, 11) is 0. The number of rotatable bonds is 4. The van der Waals surface area contributed by atoms with Crippen molar-refractivity contribution in [1.29, 1.82) is 0 Å². The van der Waals surface area contributed by atoms with Crippen LogP contribution in [-0.2, 0) is 0 Å². The van der Waals surface area contributed by atoms with Crippen molar-refractivity contribution in [3.05, 3.63) is 23.9 Å². The SMILES string of the molecule is CCNC(c1cccnc1N)C1CCCC(C)C1. The Balaban J connectivity index is 2.19. The summed E-state index contributed by atoms with van der Waals surface area (Å²) in [6.07, 6.45) is 7.08. The highest BCUT2D eigenvalue weighted by Crippen LogP contribution is 2.38. The Morgan fingerprint density at radius 1 is 1.50 bits per heavy atom. The van der Waals surface area contributed by atoms with Crippen molar-refractivity contribution in [3.8, 4) is 0 Å². The molecule has 0 radical (unpaired) electrons. The number of aromatic nitrogens is 1. The zero-order valence-corrected chi connectivity index (χ0v) is 11.5. The van der Waals surface area contributed by atoms with Crippen LogP contribution in [0.3, 0.4) is 0 Å². The lowest BCUT2D eigenvalue weighted by atomic mass is 9.76. The van der Waals surface area contributed by atoms with Crippen molar-refractivity contribution in [2.24, 2.45) is 11.8 Å². The van der Waals surface area contributed by atoms with Crippen molar-refractivity contribution in [3.63, 3.8) is 0 Å². The van der Waals surface area contributed by atoms with E-state index in [1.54, 1.807) is 6.20 Å². The minimum atomic E-state index is 0.367.